The van der Waals surface area contributed by atoms with Crippen molar-refractivity contribution < 1.29 is 9.72 Å². The first kappa shape index (κ1) is 15.9. The van der Waals surface area contributed by atoms with Gasteiger partial charge in [-0.1, -0.05) is 0 Å². The predicted molar refractivity (Wildman–Crippen MR) is 88.0 cm³/mol. The summed E-state index contributed by atoms with van der Waals surface area (Å²) in [6.07, 6.45) is 1.18. The van der Waals surface area contributed by atoms with E-state index >= 15 is 0 Å². The molecule has 1 aromatic carbocycles. The van der Waals surface area contributed by atoms with Gasteiger partial charge in [0.05, 0.1) is 4.92 Å². The van der Waals surface area contributed by atoms with Crippen molar-refractivity contribution in [3.8, 4) is 0 Å². The standard InChI is InChI=1S/C16H22N4O3/c1-12(21)13-3-4-15(16(9-13)20(22)23)17-10-14-11-18-5-2-6-19(14)8-7-18/h3-4,9,14,17H,2,5-8,10-11H2,1H3. The van der Waals surface area contributed by atoms with Crippen molar-refractivity contribution in [2.24, 2.45) is 0 Å². The summed E-state index contributed by atoms with van der Waals surface area (Å²) >= 11 is 0. The molecule has 124 valence electrons. The molecular weight excluding hydrogens is 296 g/mol. The summed E-state index contributed by atoms with van der Waals surface area (Å²) in [6.45, 7) is 7.51. The van der Waals surface area contributed by atoms with Crippen LogP contribution in [0, 0.1) is 10.1 Å². The lowest BCUT2D eigenvalue weighted by molar-refractivity contribution is -0.384. The van der Waals surface area contributed by atoms with Crippen molar-refractivity contribution in [3.05, 3.63) is 33.9 Å². The minimum absolute atomic E-state index is 0.0354. The Kier molecular flexibility index (Phi) is 4.58. The molecule has 23 heavy (non-hydrogen) atoms. The lowest BCUT2D eigenvalue weighted by atomic mass is 10.1. The van der Waals surface area contributed by atoms with Crippen LogP contribution in [-0.4, -0.2) is 65.8 Å². The van der Waals surface area contributed by atoms with Gasteiger partial charge in [-0.05, 0) is 38.6 Å². The van der Waals surface area contributed by atoms with E-state index in [1.165, 1.54) is 19.4 Å². The highest BCUT2D eigenvalue weighted by Crippen LogP contribution is 2.26. The minimum atomic E-state index is -0.433. The molecule has 2 bridgehead atoms. The van der Waals surface area contributed by atoms with E-state index < -0.39 is 4.92 Å². The third kappa shape index (κ3) is 3.51. The molecule has 3 aliphatic rings. The van der Waals surface area contributed by atoms with E-state index in [9.17, 15) is 14.9 Å². The van der Waals surface area contributed by atoms with E-state index in [0.717, 1.165) is 32.7 Å². The van der Waals surface area contributed by atoms with E-state index in [0.29, 0.717) is 23.8 Å². The molecule has 3 atom stereocenters. The van der Waals surface area contributed by atoms with Gasteiger partial charge in [0.2, 0.25) is 0 Å². The fourth-order valence-electron chi connectivity index (χ4n) is 3.42. The zero-order chi connectivity index (χ0) is 16.4. The summed E-state index contributed by atoms with van der Waals surface area (Å²) in [5.41, 5.74) is 0.814. The number of rotatable bonds is 5. The van der Waals surface area contributed by atoms with Gasteiger partial charge in [-0.25, -0.2) is 0 Å². The second kappa shape index (κ2) is 6.64. The molecule has 0 aliphatic carbocycles. The molecule has 3 unspecified atom stereocenters. The van der Waals surface area contributed by atoms with Gasteiger partial charge in [0.25, 0.3) is 5.69 Å². The van der Waals surface area contributed by atoms with E-state index in [1.807, 2.05) is 0 Å². The van der Waals surface area contributed by atoms with Crippen LogP contribution in [0.1, 0.15) is 23.7 Å². The molecule has 3 saturated heterocycles. The number of benzene rings is 1. The van der Waals surface area contributed by atoms with Gasteiger partial charge in [-0.3, -0.25) is 19.8 Å². The average Bonchev–Trinajstić information content (AvgIpc) is 2.87. The van der Waals surface area contributed by atoms with Crippen molar-refractivity contribution in [3.63, 3.8) is 0 Å². The summed E-state index contributed by atoms with van der Waals surface area (Å²) in [6, 6.07) is 5.01. The zero-order valence-corrected chi connectivity index (χ0v) is 13.3. The van der Waals surface area contributed by atoms with Crippen LogP contribution >= 0.6 is 0 Å². The number of ketones is 1. The number of nitrogens with one attached hydrogen (secondary N) is 1. The Morgan fingerprint density at radius 3 is 2.91 bits per heavy atom. The maximum atomic E-state index is 11.4. The molecule has 0 saturated carbocycles. The number of nitro benzene ring substituents is 1. The summed E-state index contributed by atoms with van der Waals surface area (Å²) in [5, 5.41) is 14.5. The smallest absolute Gasteiger partial charge is 0.293 e. The zero-order valence-electron chi connectivity index (χ0n) is 13.3. The van der Waals surface area contributed by atoms with Crippen LogP contribution in [-0.2, 0) is 0 Å². The molecule has 1 aromatic rings. The van der Waals surface area contributed by atoms with Crippen molar-refractivity contribution in [1.29, 1.82) is 0 Å². The Labute approximate surface area is 135 Å². The molecule has 4 rings (SSSR count). The average molecular weight is 318 g/mol. The normalized spacial score (nSPS) is 26.6. The fraction of sp³-hybridized carbons (Fsp3) is 0.562. The van der Waals surface area contributed by atoms with Crippen LogP contribution in [0.15, 0.2) is 18.2 Å². The van der Waals surface area contributed by atoms with Crippen molar-refractivity contribution in [2.45, 2.75) is 19.4 Å². The highest BCUT2D eigenvalue weighted by Gasteiger charge is 2.29. The number of fused-ring (bicyclic) bond motifs is 4. The summed E-state index contributed by atoms with van der Waals surface area (Å²) in [4.78, 5) is 27.2. The highest BCUT2D eigenvalue weighted by molar-refractivity contribution is 5.95. The van der Waals surface area contributed by atoms with E-state index in [-0.39, 0.29) is 11.5 Å². The molecule has 0 radical (unpaired) electrons. The monoisotopic (exact) mass is 318 g/mol. The molecule has 0 spiro atoms. The number of Topliss-reactive ketones (excluding diaryl/α,β-unsaturated/α-hetero) is 1. The summed E-state index contributed by atoms with van der Waals surface area (Å²) in [7, 11) is 0. The molecule has 3 aliphatic heterocycles. The Hall–Kier alpha value is -1.99. The van der Waals surface area contributed by atoms with Gasteiger partial charge in [-0.2, -0.15) is 0 Å². The molecule has 3 heterocycles. The quantitative estimate of drug-likeness (QED) is 0.505. The van der Waals surface area contributed by atoms with Crippen LogP contribution in [0.4, 0.5) is 11.4 Å². The van der Waals surface area contributed by atoms with Gasteiger partial charge in [0, 0.05) is 43.9 Å². The molecule has 7 heteroatoms. The van der Waals surface area contributed by atoms with Gasteiger partial charge in [-0.15, -0.1) is 0 Å². The molecule has 0 amide bonds. The van der Waals surface area contributed by atoms with Crippen LogP contribution in [0.5, 0.6) is 0 Å². The number of anilines is 1. The Morgan fingerprint density at radius 1 is 1.35 bits per heavy atom. The van der Waals surface area contributed by atoms with Crippen molar-refractivity contribution >= 4 is 17.2 Å². The largest absolute Gasteiger partial charge is 0.378 e. The molecule has 7 nitrogen and oxygen atoms in total. The third-order valence-corrected chi connectivity index (χ3v) is 4.74. The van der Waals surface area contributed by atoms with E-state index in [2.05, 4.69) is 15.1 Å². The Balaban J connectivity index is 1.72. The SMILES string of the molecule is CC(=O)c1ccc(NCC2CN3CCCN2CC3)c([N+](=O)[O-])c1. The Morgan fingerprint density at radius 2 is 2.17 bits per heavy atom. The molecular formula is C16H22N4O3. The molecule has 3 fully saturated rings. The summed E-state index contributed by atoms with van der Waals surface area (Å²) < 4.78 is 0. The fourth-order valence-corrected chi connectivity index (χ4v) is 3.42. The van der Waals surface area contributed by atoms with Crippen molar-refractivity contribution in [1.82, 2.24) is 9.80 Å². The minimum Gasteiger partial charge on any atom is -0.378 e. The second-order valence-electron chi connectivity index (χ2n) is 6.27. The van der Waals surface area contributed by atoms with Crippen molar-refractivity contribution in [2.75, 3.05) is 44.6 Å². The van der Waals surface area contributed by atoms with E-state index in [4.69, 9.17) is 0 Å². The number of hydrogen-bond acceptors (Lipinski definition) is 6. The molecule has 0 aromatic heterocycles. The first-order valence-electron chi connectivity index (χ1n) is 8.04. The lowest BCUT2D eigenvalue weighted by Crippen LogP contribution is -2.52. The van der Waals surface area contributed by atoms with E-state index in [1.54, 1.807) is 12.1 Å². The maximum absolute atomic E-state index is 11.4. The first-order valence-corrected chi connectivity index (χ1v) is 8.04. The number of nitrogens with zero attached hydrogens (tertiary/aromatic N) is 3. The third-order valence-electron chi connectivity index (χ3n) is 4.74. The van der Waals surface area contributed by atoms with Gasteiger partial charge in [0.1, 0.15) is 5.69 Å². The number of carbonyl (C=O) groups excluding carboxylic acids is 1. The lowest BCUT2D eigenvalue weighted by Gasteiger charge is -2.37. The predicted octanol–water partition coefficient (Wildman–Crippen LogP) is 1.60. The summed E-state index contributed by atoms with van der Waals surface area (Å²) in [5.74, 6) is -0.167. The number of piperazine rings is 1. The molecule has 1 N–H and O–H groups in total. The number of nitro groups is 1. The van der Waals surface area contributed by atoms with Crippen LogP contribution in [0.2, 0.25) is 0 Å². The topological polar surface area (TPSA) is 78.7 Å². The number of hydrogen-bond donors (Lipinski definition) is 1. The second-order valence-corrected chi connectivity index (χ2v) is 6.27. The first-order chi connectivity index (χ1) is 11.0. The van der Waals surface area contributed by atoms with Crippen LogP contribution in [0.3, 0.4) is 0 Å². The van der Waals surface area contributed by atoms with Crippen LogP contribution in [0.25, 0.3) is 0 Å². The van der Waals surface area contributed by atoms with Gasteiger partial charge < -0.3 is 10.2 Å². The van der Waals surface area contributed by atoms with Crippen LogP contribution < -0.4 is 5.32 Å². The Bertz CT molecular complexity index is 615. The van der Waals surface area contributed by atoms with Gasteiger partial charge in [0.15, 0.2) is 5.78 Å². The maximum Gasteiger partial charge on any atom is 0.293 e. The van der Waals surface area contributed by atoms with Gasteiger partial charge >= 0.3 is 0 Å². The highest BCUT2D eigenvalue weighted by atomic mass is 16.6. The number of carbonyl (C=O) groups is 1.